The van der Waals surface area contributed by atoms with Gasteiger partial charge in [0.2, 0.25) is 0 Å². The molecule has 2 heteroatoms. The Morgan fingerprint density at radius 3 is 1.05 bits per heavy atom. The molecule has 0 amide bonds. The fourth-order valence-corrected chi connectivity index (χ4v) is 16.4. The van der Waals surface area contributed by atoms with Gasteiger partial charge in [-0.1, -0.05) is 249 Å². The van der Waals surface area contributed by atoms with Gasteiger partial charge in [0.15, 0.2) is 0 Å². The minimum absolute atomic E-state index is 0.465. The zero-order chi connectivity index (χ0) is 76.0. The minimum atomic E-state index is -0.465. The van der Waals surface area contributed by atoms with Crippen molar-refractivity contribution in [1.82, 2.24) is 4.57 Å². The highest BCUT2D eigenvalue weighted by molar-refractivity contribution is 6.11. The highest BCUT2D eigenvalue weighted by Crippen LogP contribution is 2.53. The highest BCUT2D eigenvalue weighted by Gasteiger charge is 2.37. The van der Waals surface area contributed by atoms with Crippen molar-refractivity contribution in [3.8, 4) is 216 Å². The van der Waals surface area contributed by atoms with Crippen LogP contribution in [0.1, 0.15) is 69.5 Å². The molecule has 1 aromatic heterocycles. The second kappa shape index (κ2) is 28.3. The molecule has 111 heavy (non-hydrogen) atoms. The van der Waals surface area contributed by atoms with E-state index in [-0.39, 0.29) is 0 Å². The van der Waals surface area contributed by atoms with Gasteiger partial charge < -0.3 is 9.47 Å². The van der Waals surface area contributed by atoms with E-state index >= 15 is 0 Å². The Bertz CT molecular complexity index is 6690. The molecule has 1 heterocycles. The molecule has 0 aliphatic heterocycles. The number of para-hydroxylation sites is 2. The summed E-state index contributed by atoms with van der Waals surface area (Å²) in [6.07, 6.45) is 50.2. The van der Waals surface area contributed by atoms with Crippen LogP contribution >= 0.6 is 0 Å². The number of rotatable bonds is 13. The molecule has 0 bridgehead atoms. The molecule has 16 aromatic rings. The van der Waals surface area contributed by atoms with Crippen molar-refractivity contribution in [3.05, 3.63) is 371 Å². The summed E-state index contributed by atoms with van der Waals surface area (Å²) >= 11 is 0. The number of benzene rings is 15. The van der Waals surface area contributed by atoms with E-state index in [9.17, 15) is 0 Å². The summed E-state index contributed by atoms with van der Waals surface area (Å²) in [5.41, 5.74) is 32.3. The second-order valence-corrected chi connectivity index (χ2v) is 28.2. The van der Waals surface area contributed by atoms with Gasteiger partial charge >= 0.3 is 0 Å². The predicted molar refractivity (Wildman–Crippen MR) is 465 cm³/mol. The van der Waals surface area contributed by atoms with Crippen molar-refractivity contribution >= 4 is 38.9 Å². The quantitative estimate of drug-likeness (QED) is 0.104. The van der Waals surface area contributed by atoms with E-state index < -0.39 is 5.41 Å². The Morgan fingerprint density at radius 2 is 0.586 bits per heavy atom. The second-order valence-electron chi connectivity index (χ2n) is 28.2. The lowest BCUT2D eigenvalue weighted by Crippen LogP contribution is -2.16. The smallest absolute Gasteiger partial charge is 0.0541 e. The van der Waals surface area contributed by atoms with Crippen molar-refractivity contribution in [2.24, 2.45) is 0 Å². The third-order valence-corrected chi connectivity index (χ3v) is 21.9. The van der Waals surface area contributed by atoms with Crippen LogP contribution in [0, 0.1) is 98.8 Å². The molecule has 1 aliphatic rings. The van der Waals surface area contributed by atoms with Gasteiger partial charge in [-0.25, -0.2) is 0 Å². The molecule has 0 atom stereocenters. The lowest BCUT2D eigenvalue weighted by atomic mass is 9.81. The van der Waals surface area contributed by atoms with Crippen molar-refractivity contribution in [2.75, 3.05) is 4.90 Å². The van der Waals surface area contributed by atoms with Crippen molar-refractivity contribution in [3.63, 3.8) is 0 Å². The molecule has 0 radical (unpaired) electrons. The first-order valence-electron chi connectivity index (χ1n) is 36.6. The van der Waals surface area contributed by atoms with Crippen LogP contribution < -0.4 is 4.90 Å². The molecule has 0 spiro atoms. The molecule has 0 N–H and O–H groups in total. The lowest BCUT2D eigenvalue weighted by molar-refractivity contribution is 0.660. The molecular weight excluding hydrogens is 1340 g/mol. The lowest BCUT2D eigenvalue weighted by Gasteiger charge is -2.28. The first kappa shape index (κ1) is 68.5. The SMILES string of the molecule is C#Cc1cccc(-c2ccc(-c3cc(-c4ccc(-c5cccc(C#C)c5C#C)c(-c5cccc(C#C)c5C#C)c4)cc(-c4ccc5c(c4)C(C)(C)c4cc(N(c6ccc(-c7ccccc7)cc6)c6ccc(-c7ccc8c(c7)c7ccccc7n8-c7ccccc7)cc6)ccc4-5)c3)cc2-c2cccc(C#C)c2C#C)c1C#C. The molecule has 0 saturated heterocycles. The van der Waals surface area contributed by atoms with E-state index in [1.165, 1.54) is 38.5 Å². The fourth-order valence-electron chi connectivity index (χ4n) is 16.4. The molecule has 0 fully saturated rings. The third-order valence-electron chi connectivity index (χ3n) is 21.9. The van der Waals surface area contributed by atoms with Gasteiger partial charge in [0.1, 0.15) is 0 Å². The Kier molecular flexibility index (Phi) is 17.5. The van der Waals surface area contributed by atoms with Crippen LogP contribution in [0.4, 0.5) is 17.1 Å². The van der Waals surface area contributed by atoms with Crippen LogP contribution in [0.25, 0.3) is 139 Å². The number of hydrogen-bond acceptors (Lipinski definition) is 1. The van der Waals surface area contributed by atoms with Gasteiger partial charge in [0.25, 0.3) is 0 Å². The highest BCUT2D eigenvalue weighted by atomic mass is 15.1. The number of terminal acetylenes is 8. The molecular formula is C109H66N2. The van der Waals surface area contributed by atoms with E-state index in [0.717, 1.165) is 128 Å². The zero-order valence-corrected chi connectivity index (χ0v) is 61.0. The van der Waals surface area contributed by atoms with E-state index in [4.69, 9.17) is 51.4 Å². The standard InChI is InChI=1S/C109H66N2/c1-11-71-33-27-40-93(89(71)15-5)97-58-49-79(66-102(97)95-42-29-35-73(13-3)91(95)17-7)82-63-83(80-50-59-98(94-41-28-34-72(12-2)90(94)16-6)103(67-80)96-43-30-36-74(14-4)92(96)18-8)65-84(64-82)81-51-60-99-100-61-57-88(70-106(100)109(9,10)105(99)69-81)110(86-53-45-76(46-54-86)75-31-21-19-22-32-75)87-55-47-77(48-56-87)78-52-62-108-104(68-78)101-39-25-26-44-107(101)111(108)85-37-23-20-24-38-85/h1-8,19-70H,9-10H3. The van der Waals surface area contributed by atoms with Crippen LogP contribution in [0.15, 0.2) is 315 Å². The van der Waals surface area contributed by atoms with Gasteiger partial charge in [-0.05, 0) is 250 Å². The van der Waals surface area contributed by atoms with Gasteiger partial charge in [0, 0.05) is 83.4 Å². The topological polar surface area (TPSA) is 8.17 Å². The summed E-state index contributed by atoms with van der Waals surface area (Å²) in [4.78, 5) is 2.38. The number of anilines is 3. The Balaban J connectivity index is 0.813. The zero-order valence-electron chi connectivity index (χ0n) is 61.0. The van der Waals surface area contributed by atoms with Gasteiger partial charge in [-0.2, -0.15) is 0 Å². The van der Waals surface area contributed by atoms with E-state index in [0.29, 0.717) is 44.5 Å². The summed E-state index contributed by atoms with van der Waals surface area (Å²) < 4.78 is 2.36. The maximum absolute atomic E-state index is 6.43. The summed E-state index contributed by atoms with van der Waals surface area (Å²) in [5, 5.41) is 2.42. The average molecular weight is 1400 g/mol. The predicted octanol–water partition coefficient (Wildman–Crippen LogP) is 25.4. The number of fused-ring (bicyclic) bond motifs is 6. The van der Waals surface area contributed by atoms with Crippen LogP contribution in [-0.2, 0) is 5.41 Å². The third kappa shape index (κ3) is 11.9. The fraction of sp³-hybridized carbons (Fsp3) is 0.0275. The van der Waals surface area contributed by atoms with E-state index in [2.05, 4.69) is 313 Å². The molecule has 512 valence electrons. The van der Waals surface area contributed by atoms with Crippen molar-refractivity contribution in [2.45, 2.75) is 19.3 Å². The van der Waals surface area contributed by atoms with Gasteiger partial charge in [0.05, 0.1) is 11.0 Å². The van der Waals surface area contributed by atoms with Gasteiger partial charge in [-0.3, -0.25) is 0 Å². The minimum Gasteiger partial charge on any atom is -0.310 e. The van der Waals surface area contributed by atoms with Crippen molar-refractivity contribution in [1.29, 1.82) is 0 Å². The van der Waals surface area contributed by atoms with Gasteiger partial charge in [-0.15, -0.1) is 51.4 Å². The summed E-state index contributed by atoms with van der Waals surface area (Å²) in [5.74, 6) is 23.0. The monoisotopic (exact) mass is 1400 g/mol. The molecule has 0 unspecified atom stereocenters. The van der Waals surface area contributed by atoms with Crippen LogP contribution in [0.2, 0.25) is 0 Å². The maximum atomic E-state index is 6.43. The Morgan fingerprint density at radius 1 is 0.234 bits per heavy atom. The summed E-state index contributed by atoms with van der Waals surface area (Å²) in [6, 6.07) is 111. The average Bonchev–Trinajstić information content (AvgIpc) is 1.62. The Labute approximate surface area is 650 Å². The van der Waals surface area contributed by atoms with E-state index in [1.807, 2.05) is 72.8 Å². The van der Waals surface area contributed by atoms with Crippen LogP contribution in [-0.4, -0.2) is 4.57 Å². The molecule has 17 rings (SSSR count). The summed E-state index contributed by atoms with van der Waals surface area (Å²) in [7, 11) is 0. The van der Waals surface area contributed by atoms with Crippen molar-refractivity contribution < 1.29 is 0 Å². The number of aromatic nitrogens is 1. The van der Waals surface area contributed by atoms with Crippen LogP contribution in [0.5, 0.6) is 0 Å². The Hall–Kier alpha value is -15.6. The van der Waals surface area contributed by atoms with E-state index in [1.54, 1.807) is 0 Å². The first-order valence-corrected chi connectivity index (χ1v) is 36.6. The molecule has 15 aromatic carbocycles. The number of hydrogen-bond donors (Lipinski definition) is 0. The first-order chi connectivity index (χ1) is 54.4. The number of nitrogens with zero attached hydrogens (tertiary/aromatic N) is 2. The normalized spacial score (nSPS) is 11.5. The summed E-state index contributed by atoms with van der Waals surface area (Å²) in [6.45, 7) is 4.69. The maximum Gasteiger partial charge on any atom is 0.0541 e. The molecule has 2 nitrogen and oxygen atoms in total. The molecule has 1 aliphatic carbocycles. The largest absolute Gasteiger partial charge is 0.310 e. The molecule has 0 saturated carbocycles. The van der Waals surface area contributed by atoms with Crippen LogP contribution in [0.3, 0.4) is 0 Å².